The lowest BCUT2D eigenvalue weighted by molar-refractivity contribution is -0.116. The van der Waals surface area contributed by atoms with Gasteiger partial charge < -0.3 is 11.1 Å². The molecular formula is C15H23FN2O2S. The second-order valence-electron chi connectivity index (χ2n) is 4.95. The summed E-state index contributed by atoms with van der Waals surface area (Å²) in [6.45, 7) is 2.10. The molecule has 1 atom stereocenters. The third kappa shape index (κ3) is 7.22. The molecule has 1 amide bonds. The zero-order valence-electron chi connectivity index (χ0n) is 12.4. The van der Waals surface area contributed by atoms with E-state index in [0.29, 0.717) is 23.6 Å². The largest absolute Gasteiger partial charge is 0.399 e. The molecule has 1 rings (SSSR count). The van der Waals surface area contributed by atoms with Gasteiger partial charge in [0.1, 0.15) is 5.82 Å². The van der Waals surface area contributed by atoms with Crippen molar-refractivity contribution >= 4 is 28.1 Å². The lowest BCUT2D eigenvalue weighted by Gasteiger charge is -2.07. The molecule has 0 bridgehead atoms. The van der Waals surface area contributed by atoms with E-state index in [2.05, 4.69) is 12.2 Å². The number of unbranched alkanes of at least 4 members (excludes halogenated alkanes) is 2. The Bertz CT molecular complexity index is 495. The van der Waals surface area contributed by atoms with E-state index >= 15 is 0 Å². The first kappa shape index (κ1) is 17.6. The van der Waals surface area contributed by atoms with Gasteiger partial charge in [-0.1, -0.05) is 19.8 Å². The van der Waals surface area contributed by atoms with Crippen LogP contribution < -0.4 is 11.1 Å². The second kappa shape index (κ2) is 9.50. The van der Waals surface area contributed by atoms with Gasteiger partial charge in [-0.15, -0.1) is 0 Å². The molecule has 0 spiro atoms. The average molecular weight is 314 g/mol. The molecule has 0 saturated carbocycles. The van der Waals surface area contributed by atoms with Crippen LogP contribution in [-0.2, 0) is 15.6 Å². The molecule has 1 aromatic rings. The minimum absolute atomic E-state index is 0.0871. The van der Waals surface area contributed by atoms with Gasteiger partial charge in [-0.05, 0) is 31.0 Å². The average Bonchev–Trinajstić information content (AvgIpc) is 2.43. The number of rotatable bonds is 9. The van der Waals surface area contributed by atoms with Crippen LogP contribution in [0.2, 0.25) is 0 Å². The summed E-state index contributed by atoms with van der Waals surface area (Å²) in [7, 11) is -0.867. The number of carbonyl (C=O) groups excluding carboxylic acids is 1. The monoisotopic (exact) mass is 314 g/mol. The summed E-state index contributed by atoms with van der Waals surface area (Å²) in [5, 5.41) is 2.48. The number of carbonyl (C=O) groups is 1. The quantitative estimate of drug-likeness (QED) is 0.543. The highest BCUT2D eigenvalue weighted by atomic mass is 32.2. The number of nitrogen functional groups attached to an aromatic ring is 1. The summed E-state index contributed by atoms with van der Waals surface area (Å²) in [5.74, 6) is 0.404. The molecule has 0 fully saturated rings. The molecule has 1 unspecified atom stereocenters. The molecule has 0 aliphatic carbocycles. The van der Waals surface area contributed by atoms with Crippen LogP contribution in [0.3, 0.4) is 0 Å². The van der Waals surface area contributed by atoms with E-state index in [1.165, 1.54) is 18.2 Å². The molecule has 6 heteroatoms. The fourth-order valence-corrected chi connectivity index (χ4v) is 3.06. The third-order valence-electron chi connectivity index (χ3n) is 3.02. The standard InChI is InChI=1S/C15H23FN2O2S/c1-2-3-4-9-21(20)10-5-6-15(19)18-14-11-12(17)7-8-13(14)16/h7-8,11H,2-6,9-10,17H2,1H3,(H,18,19). The van der Waals surface area contributed by atoms with E-state index in [0.717, 1.165) is 19.3 Å². The molecule has 21 heavy (non-hydrogen) atoms. The highest BCUT2D eigenvalue weighted by Gasteiger charge is 2.08. The zero-order chi connectivity index (χ0) is 15.7. The highest BCUT2D eigenvalue weighted by Crippen LogP contribution is 2.17. The third-order valence-corrected chi connectivity index (χ3v) is 4.50. The molecule has 0 aliphatic heterocycles. The minimum Gasteiger partial charge on any atom is -0.399 e. The summed E-state index contributed by atoms with van der Waals surface area (Å²) in [6.07, 6.45) is 3.92. The Balaban J connectivity index is 2.28. The van der Waals surface area contributed by atoms with Gasteiger partial charge in [0.15, 0.2) is 0 Å². The first-order valence-corrected chi connectivity index (χ1v) is 8.71. The number of nitrogens with one attached hydrogen (secondary N) is 1. The van der Waals surface area contributed by atoms with Crippen LogP contribution in [0.1, 0.15) is 39.0 Å². The van der Waals surface area contributed by atoms with E-state index in [1.54, 1.807) is 0 Å². The number of nitrogens with two attached hydrogens (primary N) is 1. The van der Waals surface area contributed by atoms with Gasteiger partial charge in [-0.25, -0.2) is 4.39 Å². The van der Waals surface area contributed by atoms with Gasteiger partial charge in [0.2, 0.25) is 5.91 Å². The maximum Gasteiger partial charge on any atom is 0.224 e. The number of benzene rings is 1. The fourth-order valence-electron chi connectivity index (χ4n) is 1.86. The normalized spacial score (nSPS) is 12.1. The van der Waals surface area contributed by atoms with Crippen LogP contribution >= 0.6 is 0 Å². The van der Waals surface area contributed by atoms with E-state index in [9.17, 15) is 13.4 Å². The van der Waals surface area contributed by atoms with E-state index in [4.69, 9.17) is 5.73 Å². The van der Waals surface area contributed by atoms with Crippen LogP contribution in [0.15, 0.2) is 18.2 Å². The topological polar surface area (TPSA) is 72.2 Å². The van der Waals surface area contributed by atoms with Crippen molar-refractivity contribution in [3.8, 4) is 0 Å². The highest BCUT2D eigenvalue weighted by molar-refractivity contribution is 7.84. The molecule has 1 aromatic carbocycles. The lowest BCUT2D eigenvalue weighted by Crippen LogP contribution is -2.14. The Morgan fingerprint density at radius 1 is 1.29 bits per heavy atom. The number of amides is 1. The van der Waals surface area contributed by atoms with Gasteiger partial charge in [0.05, 0.1) is 5.69 Å². The summed E-state index contributed by atoms with van der Waals surface area (Å²) < 4.78 is 25.1. The SMILES string of the molecule is CCCCCS(=O)CCCC(=O)Nc1cc(N)ccc1F. The van der Waals surface area contributed by atoms with Gasteiger partial charge in [0.25, 0.3) is 0 Å². The van der Waals surface area contributed by atoms with Crippen LogP contribution in [-0.4, -0.2) is 21.6 Å². The molecule has 118 valence electrons. The molecule has 0 saturated heterocycles. The number of anilines is 2. The number of halogens is 1. The van der Waals surface area contributed by atoms with Crippen molar-refractivity contribution in [3.05, 3.63) is 24.0 Å². The van der Waals surface area contributed by atoms with Gasteiger partial charge in [0, 0.05) is 34.4 Å². The molecule has 0 radical (unpaired) electrons. The molecule has 3 N–H and O–H groups in total. The van der Waals surface area contributed by atoms with Crippen LogP contribution in [0.5, 0.6) is 0 Å². The van der Waals surface area contributed by atoms with Crippen molar-refractivity contribution in [2.24, 2.45) is 0 Å². The van der Waals surface area contributed by atoms with Crippen molar-refractivity contribution in [3.63, 3.8) is 0 Å². The van der Waals surface area contributed by atoms with Crippen LogP contribution in [0.4, 0.5) is 15.8 Å². The Labute approximate surface area is 127 Å². The van der Waals surface area contributed by atoms with Crippen LogP contribution in [0, 0.1) is 5.82 Å². The first-order chi connectivity index (χ1) is 10.0. The Morgan fingerprint density at radius 2 is 2.00 bits per heavy atom. The first-order valence-electron chi connectivity index (χ1n) is 7.22. The summed E-state index contributed by atoms with van der Waals surface area (Å²) in [6, 6.07) is 4.04. The predicted molar refractivity (Wildman–Crippen MR) is 86.1 cm³/mol. The maximum absolute atomic E-state index is 13.4. The van der Waals surface area contributed by atoms with Gasteiger partial charge >= 0.3 is 0 Å². The zero-order valence-corrected chi connectivity index (χ0v) is 13.2. The predicted octanol–water partition coefficient (Wildman–Crippen LogP) is 3.07. The summed E-state index contributed by atoms with van der Waals surface area (Å²) in [4.78, 5) is 11.7. The van der Waals surface area contributed by atoms with E-state index in [-0.39, 0.29) is 18.0 Å². The summed E-state index contributed by atoms with van der Waals surface area (Å²) >= 11 is 0. The van der Waals surface area contributed by atoms with Crippen LogP contribution in [0.25, 0.3) is 0 Å². The molecule has 0 aliphatic rings. The Kier molecular flexibility index (Phi) is 7.97. The molecule has 4 nitrogen and oxygen atoms in total. The van der Waals surface area contributed by atoms with Crippen molar-refractivity contribution in [2.45, 2.75) is 39.0 Å². The van der Waals surface area contributed by atoms with Crippen molar-refractivity contribution in [2.75, 3.05) is 22.6 Å². The van der Waals surface area contributed by atoms with Gasteiger partial charge in [-0.2, -0.15) is 0 Å². The van der Waals surface area contributed by atoms with Crippen molar-refractivity contribution in [1.82, 2.24) is 0 Å². The van der Waals surface area contributed by atoms with Crippen molar-refractivity contribution in [1.29, 1.82) is 0 Å². The Morgan fingerprint density at radius 3 is 2.71 bits per heavy atom. The van der Waals surface area contributed by atoms with Gasteiger partial charge in [-0.3, -0.25) is 9.00 Å². The Hall–Kier alpha value is -1.43. The summed E-state index contributed by atoms with van der Waals surface area (Å²) in [5.41, 5.74) is 6.02. The molecular weight excluding hydrogens is 291 g/mol. The smallest absolute Gasteiger partial charge is 0.224 e. The molecule has 0 heterocycles. The fraction of sp³-hybridized carbons (Fsp3) is 0.533. The van der Waals surface area contributed by atoms with Crippen molar-refractivity contribution < 1.29 is 13.4 Å². The van der Waals surface area contributed by atoms with E-state index < -0.39 is 16.6 Å². The minimum atomic E-state index is -0.867. The second-order valence-corrected chi connectivity index (χ2v) is 6.64. The van der Waals surface area contributed by atoms with E-state index in [1.807, 2.05) is 0 Å². The molecule has 0 aromatic heterocycles. The maximum atomic E-state index is 13.4. The lowest BCUT2D eigenvalue weighted by atomic mass is 10.2. The number of hydrogen-bond acceptors (Lipinski definition) is 3. The number of hydrogen-bond donors (Lipinski definition) is 2.